The lowest BCUT2D eigenvalue weighted by Crippen LogP contribution is -2.32. The summed E-state index contributed by atoms with van der Waals surface area (Å²) in [5, 5.41) is 12.1. The number of aliphatic hydroxyl groups is 1. The molecule has 0 spiro atoms. The Hall–Kier alpha value is -1.07. The Morgan fingerprint density at radius 3 is 2.83 bits per heavy atom. The Bertz CT molecular complexity index is 458. The number of hydrogen-bond acceptors (Lipinski definition) is 3. The molecule has 98 valence electrons. The molecule has 0 heterocycles. The van der Waals surface area contributed by atoms with Gasteiger partial charge in [-0.1, -0.05) is 15.9 Å². The number of benzene rings is 1. The average Bonchev–Trinajstić information content (AvgIpc) is 3.16. The van der Waals surface area contributed by atoms with Crippen LogP contribution in [0.3, 0.4) is 0 Å². The van der Waals surface area contributed by atoms with Gasteiger partial charge in [0.05, 0.1) is 19.3 Å². The van der Waals surface area contributed by atoms with Crippen LogP contribution in [0.4, 0.5) is 0 Å². The largest absolute Gasteiger partial charge is 0.496 e. The van der Waals surface area contributed by atoms with Gasteiger partial charge in [-0.25, -0.2) is 0 Å². The Labute approximate surface area is 114 Å². The fraction of sp³-hybridized carbons (Fsp3) is 0.462. The molecule has 1 aromatic carbocycles. The molecule has 0 saturated heterocycles. The first-order valence-electron chi connectivity index (χ1n) is 5.83. The summed E-state index contributed by atoms with van der Waals surface area (Å²) in [5.41, 5.74) is 0.412. The standard InChI is InChI=1S/C13H16BrNO3/c1-18-11-3-2-9(14)6-10(11)12(17)15-7-13(8-16)4-5-13/h2-3,6,16H,4-5,7-8H2,1H3,(H,15,17). The van der Waals surface area contributed by atoms with E-state index in [1.54, 1.807) is 12.1 Å². The average molecular weight is 314 g/mol. The number of halogens is 1. The van der Waals surface area contributed by atoms with E-state index in [0.29, 0.717) is 17.9 Å². The molecule has 0 aliphatic heterocycles. The number of aliphatic hydroxyl groups excluding tert-OH is 1. The number of carbonyl (C=O) groups is 1. The van der Waals surface area contributed by atoms with Gasteiger partial charge < -0.3 is 15.2 Å². The van der Waals surface area contributed by atoms with Crippen molar-refractivity contribution in [3.05, 3.63) is 28.2 Å². The van der Waals surface area contributed by atoms with Crippen LogP contribution in [-0.2, 0) is 0 Å². The number of rotatable bonds is 5. The van der Waals surface area contributed by atoms with Gasteiger partial charge in [0, 0.05) is 16.4 Å². The number of methoxy groups -OCH3 is 1. The van der Waals surface area contributed by atoms with Gasteiger partial charge in [0.2, 0.25) is 0 Å². The van der Waals surface area contributed by atoms with Gasteiger partial charge in [-0.15, -0.1) is 0 Å². The van der Waals surface area contributed by atoms with Crippen molar-refractivity contribution < 1.29 is 14.6 Å². The molecular formula is C13H16BrNO3. The van der Waals surface area contributed by atoms with Crippen molar-refractivity contribution in [2.75, 3.05) is 20.3 Å². The summed E-state index contributed by atoms with van der Waals surface area (Å²) < 4.78 is 5.99. The van der Waals surface area contributed by atoms with Crippen molar-refractivity contribution in [2.45, 2.75) is 12.8 Å². The minimum absolute atomic E-state index is 0.0884. The maximum atomic E-state index is 12.1. The van der Waals surface area contributed by atoms with Gasteiger partial charge in [0.1, 0.15) is 5.75 Å². The van der Waals surface area contributed by atoms with E-state index in [1.165, 1.54) is 7.11 Å². The van der Waals surface area contributed by atoms with Gasteiger partial charge in [0.25, 0.3) is 5.91 Å². The Morgan fingerprint density at radius 1 is 1.56 bits per heavy atom. The third-order valence-electron chi connectivity index (χ3n) is 3.32. The quantitative estimate of drug-likeness (QED) is 0.873. The lowest BCUT2D eigenvalue weighted by atomic mass is 10.1. The predicted octanol–water partition coefficient (Wildman–Crippen LogP) is 1.96. The molecule has 2 rings (SSSR count). The normalized spacial score (nSPS) is 16.2. The Kier molecular flexibility index (Phi) is 3.92. The van der Waals surface area contributed by atoms with Crippen LogP contribution in [0.5, 0.6) is 5.75 Å². The van der Waals surface area contributed by atoms with E-state index in [4.69, 9.17) is 4.74 Å². The minimum Gasteiger partial charge on any atom is -0.496 e. The van der Waals surface area contributed by atoms with E-state index in [1.807, 2.05) is 6.07 Å². The van der Waals surface area contributed by atoms with Crippen molar-refractivity contribution in [3.63, 3.8) is 0 Å². The van der Waals surface area contributed by atoms with E-state index in [2.05, 4.69) is 21.2 Å². The molecule has 1 aliphatic carbocycles. The van der Waals surface area contributed by atoms with Gasteiger partial charge in [0.15, 0.2) is 0 Å². The van der Waals surface area contributed by atoms with E-state index >= 15 is 0 Å². The molecule has 1 fully saturated rings. The van der Waals surface area contributed by atoms with Crippen molar-refractivity contribution in [1.29, 1.82) is 0 Å². The van der Waals surface area contributed by atoms with Crippen LogP contribution in [0.2, 0.25) is 0 Å². The van der Waals surface area contributed by atoms with Gasteiger partial charge in [-0.3, -0.25) is 4.79 Å². The summed E-state index contributed by atoms with van der Waals surface area (Å²) in [6.45, 7) is 0.640. The smallest absolute Gasteiger partial charge is 0.255 e. The summed E-state index contributed by atoms with van der Waals surface area (Å²) in [4.78, 5) is 12.1. The molecular weight excluding hydrogens is 298 g/mol. The number of ether oxygens (including phenoxy) is 1. The topological polar surface area (TPSA) is 58.6 Å². The SMILES string of the molecule is COc1ccc(Br)cc1C(=O)NCC1(CO)CC1. The van der Waals surface area contributed by atoms with Gasteiger partial charge >= 0.3 is 0 Å². The number of amides is 1. The molecule has 4 nitrogen and oxygen atoms in total. The zero-order valence-corrected chi connectivity index (χ0v) is 11.8. The molecule has 1 aromatic rings. The van der Waals surface area contributed by atoms with Crippen molar-refractivity contribution in [1.82, 2.24) is 5.32 Å². The first kappa shape index (κ1) is 13.4. The fourth-order valence-corrected chi connectivity index (χ4v) is 2.15. The van der Waals surface area contributed by atoms with E-state index in [9.17, 15) is 9.90 Å². The summed E-state index contributed by atoms with van der Waals surface area (Å²) in [6, 6.07) is 5.30. The zero-order chi connectivity index (χ0) is 13.2. The van der Waals surface area contributed by atoms with E-state index < -0.39 is 0 Å². The lowest BCUT2D eigenvalue weighted by Gasteiger charge is -2.14. The second-order valence-electron chi connectivity index (χ2n) is 4.69. The monoisotopic (exact) mass is 313 g/mol. The van der Waals surface area contributed by atoms with Crippen LogP contribution < -0.4 is 10.1 Å². The van der Waals surface area contributed by atoms with Crippen LogP contribution in [0.15, 0.2) is 22.7 Å². The maximum Gasteiger partial charge on any atom is 0.255 e. The first-order chi connectivity index (χ1) is 8.60. The first-order valence-corrected chi connectivity index (χ1v) is 6.62. The van der Waals surface area contributed by atoms with Crippen molar-refractivity contribution in [2.24, 2.45) is 5.41 Å². The van der Waals surface area contributed by atoms with E-state index in [-0.39, 0.29) is 17.9 Å². The highest BCUT2D eigenvalue weighted by Gasteiger charge is 2.42. The van der Waals surface area contributed by atoms with E-state index in [0.717, 1.165) is 17.3 Å². The third-order valence-corrected chi connectivity index (χ3v) is 3.82. The Morgan fingerprint density at radius 2 is 2.28 bits per heavy atom. The molecule has 0 atom stereocenters. The molecule has 0 radical (unpaired) electrons. The molecule has 0 unspecified atom stereocenters. The summed E-state index contributed by atoms with van der Waals surface area (Å²) in [7, 11) is 1.54. The lowest BCUT2D eigenvalue weighted by molar-refractivity contribution is 0.0932. The molecule has 1 aliphatic rings. The summed E-state index contributed by atoms with van der Waals surface area (Å²) in [6.07, 6.45) is 1.94. The summed E-state index contributed by atoms with van der Waals surface area (Å²) >= 11 is 3.33. The molecule has 0 bridgehead atoms. The highest BCUT2D eigenvalue weighted by molar-refractivity contribution is 9.10. The van der Waals surface area contributed by atoms with Gasteiger partial charge in [-0.2, -0.15) is 0 Å². The Balaban J connectivity index is 2.06. The molecule has 2 N–H and O–H groups in total. The molecule has 1 saturated carbocycles. The highest BCUT2D eigenvalue weighted by Crippen LogP contribution is 2.44. The van der Waals surface area contributed by atoms with Crippen molar-refractivity contribution in [3.8, 4) is 5.75 Å². The zero-order valence-electron chi connectivity index (χ0n) is 10.2. The van der Waals surface area contributed by atoms with Crippen LogP contribution in [0, 0.1) is 5.41 Å². The fourth-order valence-electron chi connectivity index (χ4n) is 1.79. The van der Waals surface area contributed by atoms with Gasteiger partial charge in [-0.05, 0) is 31.0 Å². The van der Waals surface area contributed by atoms with Crippen LogP contribution in [0.1, 0.15) is 23.2 Å². The van der Waals surface area contributed by atoms with Crippen LogP contribution >= 0.6 is 15.9 Å². The maximum absolute atomic E-state index is 12.1. The highest BCUT2D eigenvalue weighted by atomic mass is 79.9. The minimum atomic E-state index is -0.173. The van der Waals surface area contributed by atoms with Crippen LogP contribution in [-0.4, -0.2) is 31.3 Å². The number of hydrogen-bond donors (Lipinski definition) is 2. The second kappa shape index (κ2) is 5.28. The number of nitrogens with one attached hydrogen (secondary N) is 1. The van der Waals surface area contributed by atoms with Crippen molar-refractivity contribution >= 4 is 21.8 Å². The molecule has 1 amide bonds. The molecule has 5 heteroatoms. The summed E-state index contributed by atoms with van der Waals surface area (Å²) in [5.74, 6) is 0.373. The third kappa shape index (κ3) is 2.84. The number of carbonyl (C=O) groups excluding carboxylic acids is 1. The predicted molar refractivity (Wildman–Crippen MR) is 71.8 cm³/mol. The van der Waals surface area contributed by atoms with Crippen LogP contribution in [0.25, 0.3) is 0 Å². The molecule has 18 heavy (non-hydrogen) atoms. The molecule has 0 aromatic heterocycles. The second-order valence-corrected chi connectivity index (χ2v) is 5.60.